The van der Waals surface area contributed by atoms with Crippen molar-refractivity contribution in [2.24, 2.45) is 0 Å². The summed E-state index contributed by atoms with van der Waals surface area (Å²) in [4.78, 5) is 0. The molecule has 0 fully saturated rings. The Bertz CT molecular complexity index is 426. The van der Waals surface area contributed by atoms with E-state index < -0.39 is 0 Å². The van der Waals surface area contributed by atoms with Crippen LogP contribution in [0.4, 0.5) is 0 Å². The highest BCUT2D eigenvalue weighted by Gasteiger charge is 2.05. The molecule has 0 saturated heterocycles. The van der Waals surface area contributed by atoms with Gasteiger partial charge in [-0.05, 0) is 5.56 Å². The Morgan fingerprint density at radius 3 is 2.87 bits per heavy atom. The van der Waals surface area contributed by atoms with E-state index in [0.717, 1.165) is 0 Å². The van der Waals surface area contributed by atoms with Gasteiger partial charge in [0.05, 0.1) is 6.42 Å². The average molecular weight is 200 g/mol. The third kappa shape index (κ3) is 2.46. The molecule has 0 aliphatic rings. The van der Waals surface area contributed by atoms with Crippen LogP contribution in [0, 0.1) is 0 Å². The van der Waals surface area contributed by atoms with Gasteiger partial charge < -0.3 is 4.42 Å². The van der Waals surface area contributed by atoms with Crippen molar-refractivity contribution in [1.82, 2.24) is 10.2 Å². The Hall–Kier alpha value is -1.58. The zero-order valence-electron chi connectivity index (χ0n) is 8.97. The molecule has 15 heavy (non-hydrogen) atoms. The van der Waals surface area contributed by atoms with Crippen molar-refractivity contribution in [3.8, 4) is 0 Å². The lowest BCUT2D eigenvalue weighted by atomic mass is 9.49. The fraction of sp³-hybridized carbons (Fsp3) is 0.273. The van der Waals surface area contributed by atoms with Gasteiger partial charge in [-0.1, -0.05) is 43.4 Å². The van der Waals surface area contributed by atoms with E-state index in [-0.39, 0.29) is 0 Å². The molecule has 1 aromatic carbocycles. The summed E-state index contributed by atoms with van der Waals surface area (Å²) >= 11 is 0. The summed E-state index contributed by atoms with van der Waals surface area (Å²) < 4.78 is 5.12. The zero-order valence-corrected chi connectivity index (χ0v) is 8.97. The van der Waals surface area contributed by atoms with Crippen LogP contribution in [0.5, 0.6) is 0 Å². The maximum atomic E-state index is 5.12. The molecule has 0 radical (unpaired) electrons. The highest BCUT2D eigenvalue weighted by molar-refractivity contribution is 6.70. The SMILES string of the molecule is CB(C)c1cccc(Cc2nnco2)c1. The number of benzene rings is 1. The molecule has 0 saturated carbocycles. The Morgan fingerprint density at radius 1 is 1.33 bits per heavy atom. The van der Waals surface area contributed by atoms with Crippen LogP contribution in [0.15, 0.2) is 35.1 Å². The summed E-state index contributed by atoms with van der Waals surface area (Å²) in [6.07, 6.45) is 2.07. The molecule has 0 N–H and O–H groups in total. The first-order chi connectivity index (χ1) is 7.25. The molecule has 3 nitrogen and oxygen atoms in total. The van der Waals surface area contributed by atoms with Crippen molar-refractivity contribution in [2.45, 2.75) is 20.1 Å². The monoisotopic (exact) mass is 200 g/mol. The standard InChI is InChI=1S/C11H13BN2O/c1-12(2)10-5-3-4-9(6-10)7-11-14-13-8-15-11/h3-6,8H,7H2,1-2H3. The quantitative estimate of drug-likeness (QED) is 0.706. The average Bonchev–Trinajstić information content (AvgIpc) is 2.71. The minimum Gasteiger partial charge on any atom is -0.428 e. The van der Waals surface area contributed by atoms with Crippen LogP contribution < -0.4 is 5.46 Å². The second kappa shape index (κ2) is 4.30. The number of aromatic nitrogens is 2. The van der Waals surface area contributed by atoms with E-state index in [9.17, 15) is 0 Å². The Labute approximate surface area is 89.6 Å². The Kier molecular flexibility index (Phi) is 2.85. The van der Waals surface area contributed by atoms with Gasteiger partial charge in [0.1, 0.15) is 0 Å². The molecule has 1 aromatic heterocycles. The van der Waals surface area contributed by atoms with Gasteiger partial charge in [0.25, 0.3) is 0 Å². The molecule has 4 heteroatoms. The minimum atomic E-state index is 0.549. The molecule has 0 unspecified atom stereocenters. The van der Waals surface area contributed by atoms with Crippen LogP contribution in [0.2, 0.25) is 13.6 Å². The van der Waals surface area contributed by atoms with Crippen molar-refractivity contribution in [1.29, 1.82) is 0 Å². The minimum absolute atomic E-state index is 0.549. The van der Waals surface area contributed by atoms with E-state index in [1.807, 2.05) is 0 Å². The number of hydrogen-bond acceptors (Lipinski definition) is 3. The largest absolute Gasteiger partial charge is 0.428 e. The summed E-state index contributed by atoms with van der Waals surface area (Å²) in [5, 5.41) is 7.53. The topological polar surface area (TPSA) is 38.9 Å². The predicted molar refractivity (Wildman–Crippen MR) is 60.7 cm³/mol. The lowest BCUT2D eigenvalue weighted by molar-refractivity contribution is 0.505. The molecule has 2 aromatic rings. The lowest BCUT2D eigenvalue weighted by Crippen LogP contribution is -2.22. The van der Waals surface area contributed by atoms with Crippen LogP contribution in [-0.4, -0.2) is 16.9 Å². The van der Waals surface area contributed by atoms with Gasteiger partial charge in [-0.2, -0.15) is 0 Å². The van der Waals surface area contributed by atoms with Crippen molar-refractivity contribution in [3.05, 3.63) is 42.1 Å². The van der Waals surface area contributed by atoms with Crippen LogP contribution in [0.3, 0.4) is 0 Å². The van der Waals surface area contributed by atoms with E-state index in [2.05, 4.69) is 48.1 Å². The first kappa shape index (κ1) is 9.96. The van der Waals surface area contributed by atoms with E-state index in [4.69, 9.17) is 4.42 Å². The second-order valence-electron chi connectivity index (χ2n) is 3.91. The second-order valence-corrected chi connectivity index (χ2v) is 3.91. The number of rotatable bonds is 3. The summed E-state index contributed by atoms with van der Waals surface area (Å²) in [5.41, 5.74) is 2.55. The Balaban J connectivity index is 2.18. The third-order valence-corrected chi connectivity index (χ3v) is 2.38. The van der Waals surface area contributed by atoms with Gasteiger partial charge in [-0.25, -0.2) is 0 Å². The fourth-order valence-corrected chi connectivity index (χ4v) is 1.51. The van der Waals surface area contributed by atoms with Gasteiger partial charge >= 0.3 is 0 Å². The predicted octanol–water partition coefficient (Wildman–Crippen LogP) is 1.62. The summed E-state index contributed by atoms with van der Waals surface area (Å²) in [7, 11) is 0. The van der Waals surface area contributed by atoms with E-state index in [1.165, 1.54) is 17.4 Å². The molecule has 0 bridgehead atoms. The van der Waals surface area contributed by atoms with E-state index >= 15 is 0 Å². The van der Waals surface area contributed by atoms with Gasteiger partial charge in [-0.3, -0.25) is 0 Å². The maximum Gasteiger partial charge on any atom is 0.220 e. The van der Waals surface area contributed by atoms with Crippen molar-refractivity contribution in [3.63, 3.8) is 0 Å². The molecule has 0 spiro atoms. The molecular formula is C11H13BN2O. The van der Waals surface area contributed by atoms with Crippen molar-refractivity contribution < 1.29 is 4.42 Å². The molecule has 0 aliphatic carbocycles. The van der Waals surface area contributed by atoms with Gasteiger partial charge in [0, 0.05) is 0 Å². The van der Waals surface area contributed by atoms with Crippen LogP contribution in [0.25, 0.3) is 0 Å². The lowest BCUT2D eigenvalue weighted by Gasteiger charge is -2.04. The highest BCUT2D eigenvalue weighted by Crippen LogP contribution is 2.05. The summed E-state index contributed by atoms with van der Waals surface area (Å²) in [6.45, 7) is 4.92. The fourth-order valence-electron chi connectivity index (χ4n) is 1.51. The van der Waals surface area contributed by atoms with Crippen molar-refractivity contribution >= 4 is 12.2 Å². The van der Waals surface area contributed by atoms with Crippen LogP contribution >= 0.6 is 0 Å². The molecule has 0 atom stereocenters. The maximum absolute atomic E-state index is 5.12. The van der Waals surface area contributed by atoms with E-state index in [1.54, 1.807) is 0 Å². The molecule has 0 amide bonds. The first-order valence-corrected chi connectivity index (χ1v) is 5.09. The summed E-state index contributed by atoms with van der Waals surface area (Å²) in [5.74, 6) is 0.663. The zero-order chi connectivity index (χ0) is 10.7. The van der Waals surface area contributed by atoms with Crippen molar-refractivity contribution in [2.75, 3.05) is 0 Å². The van der Waals surface area contributed by atoms with Crippen LogP contribution in [0.1, 0.15) is 11.5 Å². The van der Waals surface area contributed by atoms with E-state index in [0.29, 0.717) is 19.0 Å². The number of hydrogen-bond donors (Lipinski definition) is 0. The normalized spacial score (nSPS) is 10.3. The van der Waals surface area contributed by atoms with Gasteiger partial charge in [-0.15, -0.1) is 10.2 Å². The number of nitrogens with zero attached hydrogens (tertiary/aromatic N) is 2. The summed E-state index contributed by atoms with van der Waals surface area (Å²) in [6, 6.07) is 8.48. The van der Waals surface area contributed by atoms with Gasteiger partial charge in [0.15, 0.2) is 6.71 Å². The smallest absolute Gasteiger partial charge is 0.220 e. The Morgan fingerprint density at radius 2 is 2.20 bits per heavy atom. The molecule has 2 rings (SSSR count). The van der Waals surface area contributed by atoms with Crippen LogP contribution in [-0.2, 0) is 6.42 Å². The highest BCUT2D eigenvalue weighted by atomic mass is 16.4. The molecular weight excluding hydrogens is 187 g/mol. The first-order valence-electron chi connectivity index (χ1n) is 5.09. The third-order valence-electron chi connectivity index (χ3n) is 2.38. The molecule has 0 aliphatic heterocycles. The molecule has 76 valence electrons. The molecule has 1 heterocycles. The van der Waals surface area contributed by atoms with Gasteiger partial charge in [0.2, 0.25) is 12.3 Å².